The molecule has 3 unspecified atom stereocenters. The van der Waals surface area contributed by atoms with E-state index in [1.54, 1.807) is 11.8 Å². The molecule has 0 aromatic heterocycles. The minimum atomic E-state index is -0.259. The van der Waals surface area contributed by atoms with Crippen molar-refractivity contribution < 1.29 is 14.3 Å². The zero-order valence-electron chi connectivity index (χ0n) is 9.91. The maximum atomic E-state index is 11.6. The number of carbonyl (C=O) groups is 1. The normalized spacial score (nSPS) is 29.4. The summed E-state index contributed by atoms with van der Waals surface area (Å²) in [5, 5.41) is -0.259. The van der Waals surface area contributed by atoms with Gasteiger partial charge in [-0.15, -0.1) is 11.8 Å². The van der Waals surface area contributed by atoms with Gasteiger partial charge in [-0.05, 0) is 12.1 Å². The third kappa shape index (κ3) is 1.88. The van der Waals surface area contributed by atoms with E-state index in [-0.39, 0.29) is 23.4 Å². The average molecular weight is 263 g/mol. The molecule has 4 nitrogen and oxygen atoms in total. The number of rotatable bonds is 2. The highest BCUT2D eigenvalue weighted by molar-refractivity contribution is 8.01. The third-order valence-electron chi connectivity index (χ3n) is 3.11. The van der Waals surface area contributed by atoms with Crippen LogP contribution in [0.25, 0.3) is 0 Å². The Morgan fingerprint density at radius 3 is 2.94 bits per heavy atom. The Morgan fingerprint density at radius 1 is 1.44 bits per heavy atom. The van der Waals surface area contributed by atoms with Crippen LogP contribution in [0.5, 0.6) is 0 Å². The molecule has 0 amide bonds. The SMILES string of the molecule is COC(=O)C1SCC2N=C(c3ccccc3)OC21. The van der Waals surface area contributed by atoms with Crippen molar-refractivity contribution in [2.45, 2.75) is 17.4 Å². The fourth-order valence-corrected chi connectivity index (χ4v) is 3.52. The van der Waals surface area contributed by atoms with E-state index in [0.717, 1.165) is 11.3 Å². The molecule has 1 saturated heterocycles. The van der Waals surface area contributed by atoms with Crippen molar-refractivity contribution in [1.82, 2.24) is 0 Å². The Balaban J connectivity index is 1.79. The first-order chi connectivity index (χ1) is 8.79. The van der Waals surface area contributed by atoms with Crippen LogP contribution in [0, 0.1) is 0 Å². The van der Waals surface area contributed by atoms with Crippen molar-refractivity contribution in [2.75, 3.05) is 12.9 Å². The second-order valence-electron chi connectivity index (χ2n) is 4.23. The summed E-state index contributed by atoms with van der Waals surface area (Å²) >= 11 is 1.56. The highest BCUT2D eigenvalue weighted by Crippen LogP contribution is 2.36. The molecule has 2 aliphatic heterocycles. The van der Waals surface area contributed by atoms with Crippen molar-refractivity contribution in [3.05, 3.63) is 35.9 Å². The van der Waals surface area contributed by atoms with Crippen LogP contribution in [0.3, 0.4) is 0 Å². The molecule has 0 N–H and O–H groups in total. The summed E-state index contributed by atoms with van der Waals surface area (Å²) in [6.45, 7) is 0. The third-order valence-corrected chi connectivity index (χ3v) is 4.46. The molecule has 94 valence electrons. The number of nitrogens with zero attached hydrogens (tertiary/aromatic N) is 1. The first-order valence-corrected chi connectivity index (χ1v) is 6.84. The zero-order valence-corrected chi connectivity index (χ0v) is 10.7. The lowest BCUT2D eigenvalue weighted by molar-refractivity contribution is -0.141. The van der Waals surface area contributed by atoms with E-state index in [0.29, 0.717) is 5.90 Å². The van der Waals surface area contributed by atoms with E-state index < -0.39 is 0 Å². The van der Waals surface area contributed by atoms with E-state index in [9.17, 15) is 4.79 Å². The van der Waals surface area contributed by atoms with Crippen LogP contribution in [0.15, 0.2) is 35.3 Å². The van der Waals surface area contributed by atoms with Crippen molar-refractivity contribution in [3.63, 3.8) is 0 Å². The fourth-order valence-electron chi connectivity index (χ4n) is 2.20. The van der Waals surface area contributed by atoms with Gasteiger partial charge in [-0.2, -0.15) is 0 Å². The van der Waals surface area contributed by atoms with Crippen molar-refractivity contribution in [1.29, 1.82) is 0 Å². The molecule has 1 aromatic rings. The smallest absolute Gasteiger partial charge is 0.322 e. The van der Waals surface area contributed by atoms with Gasteiger partial charge in [-0.25, -0.2) is 4.99 Å². The number of fused-ring (bicyclic) bond motifs is 1. The lowest BCUT2D eigenvalue weighted by Crippen LogP contribution is -2.34. The largest absolute Gasteiger partial charge is 0.470 e. The lowest BCUT2D eigenvalue weighted by atomic mass is 10.1. The molecule has 0 saturated carbocycles. The van der Waals surface area contributed by atoms with Crippen LogP contribution >= 0.6 is 11.8 Å². The summed E-state index contributed by atoms with van der Waals surface area (Å²) < 4.78 is 10.6. The summed E-state index contributed by atoms with van der Waals surface area (Å²) in [6, 6.07) is 9.83. The standard InChI is InChI=1S/C13H13NO3S/c1-16-13(15)11-10-9(7-18-11)14-12(17-10)8-5-3-2-4-6-8/h2-6,9-11H,7H2,1H3. The molecule has 18 heavy (non-hydrogen) atoms. The number of hydrogen-bond donors (Lipinski definition) is 0. The summed E-state index contributed by atoms with van der Waals surface area (Å²) in [5.41, 5.74) is 0.959. The van der Waals surface area contributed by atoms with Crippen molar-refractivity contribution in [3.8, 4) is 0 Å². The predicted molar refractivity (Wildman–Crippen MR) is 69.9 cm³/mol. The van der Waals surface area contributed by atoms with Gasteiger partial charge >= 0.3 is 5.97 Å². The van der Waals surface area contributed by atoms with Gasteiger partial charge in [-0.3, -0.25) is 4.79 Å². The quantitative estimate of drug-likeness (QED) is 0.758. The highest BCUT2D eigenvalue weighted by Gasteiger charge is 2.47. The molecular weight excluding hydrogens is 250 g/mol. The maximum Gasteiger partial charge on any atom is 0.322 e. The molecule has 3 atom stereocenters. The molecule has 0 bridgehead atoms. The van der Waals surface area contributed by atoms with E-state index in [1.807, 2.05) is 30.3 Å². The van der Waals surface area contributed by atoms with E-state index in [2.05, 4.69) is 4.99 Å². The van der Waals surface area contributed by atoms with Gasteiger partial charge < -0.3 is 9.47 Å². The molecule has 2 aliphatic rings. The molecule has 1 aromatic carbocycles. The van der Waals surface area contributed by atoms with Crippen LogP contribution < -0.4 is 0 Å². The molecular formula is C13H13NO3S. The summed E-state index contributed by atoms with van der Waals surface area (Å²) in [7, 11) is 1.41. The van der Waals surface area contributed by atoms with Crippen molar-refractivity contribution >= 4 is 23.6 Å². The molecule has 2 heterocycles. The monoisotopic (exact) mass is 263 g/mol. The lowest BCUT2D eigenvalue weighted by Gasteiger charge is -2.15. The van der Waals surface area contributed by atoms with Gasteiger partial charge in [-0.1, -0.05) is 18.2 Å². The van der Waals surface area contributed by atoms with E-state index >= 15 is 0 Å². The number of ether oxygens (including phenoxy) is 2. The van der Waals surface area contributed by atoms with Crippen LogP contribution in [0.1, 0.15) is 5.56 Å². The van der Waals surface area contributed by atoms with E-state index in [1.165, 1.54) is 7.11 Å². The number of carbonyl (C=O) groups excluding carboxylic acids is 1. The molecule has 1 fully saturated rings. The van der Waals surface area contributed by atoms with Gasteiger partial charge in [0.1, 0.15) is 17.4 Å². The Hall–Kier alpha value is -1.49. The molecule has 3 rings (SSSR count). The molecule has 5 heteroatoms. The van der Waals surface area contributed by atoms with Gasteiger partial charge in [0.2, 0.25) is 5.90 Å². The summed E-state index contributed by atoms with van der Waals surface area (Å²) in [6.07, 6.45) is -0.183. The predicted octanol–water partition coefficient (Wildman–Crippen LogP) is 1.49. The highest BCUT2D eigenvalue weighted by atomic mass is 32.2. The molecule has 0 spiro atoms. The van der Waals surface area contributed by atoms with Gasteiger partial charge in [0.05, 0.1) is 7.11 Å². The minimum Gasteiger partial charge on any atom is -0.470 e. The molecule has 0 radical (unpaired) electrons. The Kier molecular flexibility index (Phi) is 2.99. The van der Waals surface area contributed by atoms with Gasteiger partial charge in [0, 0.05) is 11.3 Å². The Labute approximate surface area is 109 Å². The number of aliphatic imine (C=N–C) groups is 1. The first-order valence-electron chi connectivity index (χ1n) is 5.79. The van der Waals surface area contributed by atoms with Crippen LogP contribution in [0.2, 0.25) is 0 Å². The van der Waals surface area contributed by atoms with Crippen LogP contribution in [-0.4, -0.2) is 42.1 Å². The van der Waals surface area contributed by atoms with Crippen LogP contribution in [0.4, 0.5) is 0 Å². The minimum absolute atomic E-state index is 0.0642. The summed E-state index contributed by atoms with van der Waals surface area (Å²) in [5.74, 6) is 1.22. The topological polar surface area (TPSA) is 47.9 Å². The second-order valence-corrected chi connectivity index (χ2v) is 5.40. The fraction of sp³-hybridized carbons (Fsp3) is 0.385. The number of esters is 1. The second kappa shape index (κ2) is 4.65. The molecule has 0 aliphatic carbocycles. The number of benzene rings is 1. The van der Waals surface area contributed by atoms with Crippen LogP contribution in [-0.2, 0) is 14.3 Å². The first kappa shape index (κ1) is 11.6. The van der Waals surface area contributed by atoms with Crippen molar-refractivity contribution in [2.24, 2.45) is 4.99 Å². The maximum absolute atomic E-state index is 11.6. The zero-order chi connectivity index (χ0) is 12.5. The number of thioether (sulfide) groups is 1. The average Bonchev–Trinajstić information content (AvgIpc) is 2.98. The summed E-state index contributed by atoms with van der Waals surface area (Å²) in [4.78, 5) is 16.2. The van der Waals surface area contributed by atoms with Gasteiger partial charge in [0.25, 0.3) is 0 Å². The Bertz CT molecular complexity index is 488. The number of methoxy groups -OCH3 is 1. The Morgan fingerprint density at radius 2 is 2.22 bits per heavy atom. The van der Waals surface area contributed by atoms with Gasteiger partial charge in [0.15, 0.2) is 0 Å². The van der Waals surface area contributed by atoms with E-state index in [4.69, 9.17) is 9.47 Å². The number of hydrogen-bond acceptors (Lipinski definition) is 5.